The van der Waals surface area contributed by atoms with Crippen LogP contribution in [0.4, 0.5) is 0 Å². The second kappa shape index (κ2) is 4.34. The molecule has 2 heterocycles. The molecule has 14 heavy (non-hydrogen) atoms. The molecule has 0 spiro atoms. The highest BCUT2D eigenvalue weighted by Crippen LogP contribution is 2.20. The molecule has 0 bridgehead atoms. The fourth-order valence-corrected chi connectivity index (χ4v) is 1.74. The van der Waals surface area contributed by atoms with Crippen LogP contribution in [-0.2, 0) is 6.42 Å². The molecule has 4 nitrogen and oxygen atoms in total. The lowest BCUT2D eigenvalue weighted by molar-refractivity contribution is 0.499. The van der Waals surface area contributed by atoms with Crippen LogP contribution >= 0.6 is 11.3 Å². The van der Waals surface area contributed by atoms with E-state index in [1.807, 2.05) is 16.8 Å². The van der Waals surface area contributed by atoms with Crippen molar-refractivity contribution in [2.24, 2.45) is 5.73 Å². The normalized spacial score (nSPS) is 10.6. The summed E-state index contributed by atoms with van der Waals surface area (Å²) in [6.07, 6.45) is 1.64. The minimum Gasteiger partial charge on any atom is -0.421 e. The molecule has 2 aromatic heterocycles. The van der Waals surface area contributed by atoms with Crippen molar-refractivity contribution in [2.75, 3.05) is 6.54 Å². The van der Waals surface area contributed by atoms with Gasteiger partial charge in [-0.25, -0.2) is 0 Å². The summed E-state index contributed by atoms with van der Waals surface area (Å²) in [7, 11) is 0. The highest BCUT2D eigenvalue weighted by atomic mass is 32.1. The number of nitrogens with two attached hydrogens (primary N) is 1. The number of aromatic nitrogens is 2. The molecular formula is C9H11N3OS. The van der Waals surface area contributed by atoms with Gasteiger partial charge in [0.15, 0.2) is 0 Å². The monoisotopic (exact) mass is 209 g/mol. The maximum Gasteiger partial charge on any atom is 0.248 e. The molecule has 0 aliphatic heterocycles. The number of rotatable bonds is 4. The Kier molecular flexibility index (Phi) is 2.90. The van der Waals surface area contributed by atoms with Crippen LogP contribution in [0.25, 0.3) is 11.5 Å². The molecule has 0 atom stereocenters. The second-order valence-electron chi connectivity index (χ2n) is 2.91. The van der Waals surface area contributed by atoms with Gasteiger partial charge >= 0.3 is 0 Å². The SMILES string of the molecule is NCCCc1nnc(-c2ccsc2)o1. The third kappa shape index (κ3) is 2.00. The fraction of sp³-hybridized carbons (Fsp3) is 0.333. The molecule has 2 N–H and O–H groups in total. The van der Waals surface area contributed by atoms with E-state index in [9.17, 15) is 0 Å². The van der Waals surface area contributed by atoms with Crippen molar-refractivity contribution in [2.45, 2.75) is 12.8 Å². The molecule has 0 saturated carbocycles. The van der Waals surface area contributed by atoms with Gasteiger partial charge in [0.05, 0.1) is 0 Å². The highest BCUT2D eigenvalue weighted by Gasteiger charge is 2.07. The largest absolute Gasteiger partial charge is 0.421 e. The summed E-state index contributed by atoms with van der Waals surface area (Å²) in [5.41, 5.74) is 6.38. The van der Waals surface area contributed by atoms with Crippen LogP contribution in [0.15, 0.2) is 21.2 Å². The summed E-state index contributed by atoms with van der Waals surface area (Å²) >= 11 is 1.61. The van der Waals surface area contributed by atoms with Crippen molar-refractivity contribution in [1.82, 2.24) is 10.2 Å². The summed E-state index contributed by atoms with van der Waals surface area (Å²) in [6, 6.07) is 1.96. The molecule has 74 valence electrons. The lowest BCUT2D eigenvalue weighted by Crippen LogP contribution is -2.00. The van der Waals surface area contributed by atoms with Gasteiger partial charge in [0.2, 0.25) is 11.8 Å². The van der Waals surface area contributed by atoms with Crippen LogP contribution in [0, 0.1) is 0 Å². The van der Waals surface area contributed by atoms with Gasteiger partial charge in [-0.15, -0.1) is 10.2 Å². The lowest BCUT2D eigenvalue weighted by atomic mass is 10.3. The summed E-state index contributed by atoms with van der Waals surface area (Å²) in [4.78, 5) is 0. The van der Waals surface area contributed by atoms with Gasteiger partial charge in [0.1, 0.15) is 0 Å². The van der Waals surface area contributed by atoms with Gasteiger partial charge in [-0.2, -0.15) is 11.3 Å². The van der Waals surface area contributed by atoms with Crippen molar-refractivity contribution in [3.05, 3.63) is 22.7 Å². The number of hydrogen-bond acceptors (Lipinski definition) is 5. The quantitative estimate of drug-likeness (QED) is 0.832. The molecule has 0 saturated heterocycles. The standard InChI is InChI=1S/C9H11N3OS/c10-4-1-2-8-11-12-9(13-8)7-3-5-14-6-7/h3,5-6H,1-2,4,10H2. The number of thiophene rings is 1. The van der Waals surface area contributed by atoms with Gasteiger partial charge in [0.25, 0.3) is 0 Å². The van der Waals surface area contributed by atoms with Gasteiger partial charge in [0, 0.05) is 17.4 Å². The molecule has 0 fully saturated rings. The van der Waals surface area contributed by atoms with E-state index in [2.05, 4.69) is 10.2 Å². The van der Waals surface area contributed by atoms with E-state index in [0.29, 0.717) is 18.3 Å². The summed E-state index contributed by atoms with van der Waals surface area (Å²) < 4.78 is 5.46. The Balaban J connectivity index is 2.10. The van der Waals surface area contributed by atoms with E-state index >= 15 is 0 Å². The predicted octanol–water partition coefficient (Wildman–Crippen LogP) is 1.69. The van der Waals surface area contributed by atoms with Crippen LogP contribution in [0.2, 0.25) is 0 Å². The number of nitrogens with zero attached hydrogens (tertiary/aromatic N) is 2. The van der Waals surface area contributed by atoms with Crippen molar-refractivity contribution in [1.29, 1.82) is 0 Å². The zero-order valence-corrected chi connectivity index (χ0v) is 8.46. The van der Waals surface area contributed by atoms with Crippen molar-refractivity contribution in [3.63, 3.8) is 0 Å². The lowest BCUT2D eigenvalue weighted by Gasteiger charge is -1.89. The Morgan fingerprint density at radius 1 is 1.43 bits per heavy atom. The van der Waals surface area contributed by atoms with Crippen molar-refractivity contribution in [3.8, 4) is 11.5 Å². The van der Waals surface area contributed by atoms with Crippen LogP contribution in [-0.4, -0.2) is 16.7 Å². The molecule has 0 aliphatic rings. The maximum atomic E-state index is 5.46. The van der Waals surface area contributed by atoms with E-state index < -0.39 is 0 Å². The average molecular weight is 209 g/mol. The average Bonchev–Trinajstić information content (AvgIpc) is 2.85. The number of hydrogen-bond donors (Lipinski definition) is 1. The van der Waals surface area contributed by atoms with E-state index in [4.69, 9.17) is 10.2 Å². The molecule has 0 aliphatic carbocycles. The third-order valence-corrected chi connectivity index (χ3v) is 2.51. The molecule has 0 unspecified atom stereocenters. The van der Waals surface area contributed by atoms with Gasteiger partial charge < -0.3 is 10.2 Å². The van der Waals surface area contributed by atoms with Crippen LogP contribution < -0.4 is 5.73 Å². The first-order valence-electron chi connectivity index (χ1n) is 4.45. The summed E-state index contributed by atoms with van der Waals surface area (Å²) in [5, 5.41) is 11.9. The predicted molar refractivity (Wildman–Crippen MR) is 55.0 cm³/mol. The van der Waals surface area contributed by atoms with Crippen molar-refractivity contribution >= 4 is 11.3 Å². The van der Waals surface area contributed by atoms with E-state index in [0.717, 1.165) is 18.4 Å². The summed E-state index contributed by atoms with van der Waals surface area (Å²) in [5.74, 6) is 1.26. The smallest absolute Gasteiger partial charge is 0.248 e. The number of aryl methyl sites for hydroxylation is 1. The van der Waals surface area contributed by atoms with Crippen LogP contribution in [0.3, 0.4) is 0 Å². The van der Waals surface area contributed by atoms with Gasteiger partial charge in [-0.3, -0.25) is 0 Å². The first kappa shape index (κ1) is 9.36. The molecule has 2 rings (SSSR count). The van der Waals surface area contributed by atoms with Gasteiger partial charge in [-0.1, -0.05) is 0 Å². The Hall–Kier alpha value is -1.20. The molecule has 0 amide bonds. The summed E-state index contributed by atoms with van der Waals surface area (Å²) in [6.45, 7) is 0.649. The Labute approximate surface area is 85.8 Å². The molecule has 0 aromatic carbocycles. The van der Waals surface area contributed by atoms with Crippen molar-refractivity contribution < 1.29 is 4.42 Å². The Bertz CT molecular complexity index is 382. The van der Waals surface area contributed by atoms with Crippen LogP contribution in [0.1, 0.15) is 12.3 Å². The zero-order valence-electron chi connectivity index (χ0n) is 7.64. The Morgan fingerprint density at radius 2 is 2.36 bits per heavy atom. The Morgan fingerprint density at radius 3 is 3.07 bits per heavy atom. The van der Waals surface area contributed by atoms with E-state index in [-0.39, 0.29) is 0 Å². The molecule has 2 aromatic rings. The molecule has 5 heteroatoms. The van der Waals surface area contributed by atoms with Crippen LogP contribution in [0.5, 0.6) is 0 Å². The minimum absolute atomic E-state index is 0.596. The maximum absolute atomic E-state index is 5.46. The first-order valence-corrected chi connectivity index (χ1v) is 5.39. The van der Waals surface area contributed by atoms with E-state index in [1.165, 1.54) is 0 Å². The molecule has 0 radical (unpaired) electrons. The van der Waals surface area contributed by atoms with E-state index in [1.54, 1.807) is 11.3 Å². The van der Waals surface area contributed by atoms with Gasteiger partial charge in [-0.05, 0) is 24.4 Å². The first-order chi connectivity index (χ1) is 6.90. The fourth-order valence-electron chi connectivity index (χ4n) is 1.11. The topological polar surface area (TPSA) is 64.9 Å². The minimum atomic E-state index is 0.596. The zero-order chi connectivity index (χ0) is 9.80. The highest BCUT2D eigenvalue weighted by molar-refractivity contribution is 7.08. The third-order valence-electron chi connectivity index (χ3n) is 1.83. The second-order valence-corrected chi connectivity index (χ2v) is 3.69. The molecular weight excluding hydrogens is 198 g/mol.